The lowest BCUT2D eigenvalue weighted by Gasteiger charge is -2.44. The van der Waals surface area contributed by atoms with Gasteiger partial charge >= 0.3 is 5.69 Å². The minimum Gasteiger partial charge on any atom is -0.352 e. The van der Waals surface area contributed by atoms with Gasteiger partial charge in [-0.1, -0.05) is 6.42 Å². The molecule has 0 bridgehead atoms. The lowest BCUT2D eigenvalue weighted by atomic mass is 9.85. The minimum absolute atomic E-state index is 0.213. The van der Waals surface area contributed by atoms with Gasteiger partial charge in [0, 0.05) is 50.5 Å². The van der Waals surface area contributed by atoms with Crippen molar-refractivity contribution in [3.05, 3.63) is 46.4 Å². The number of nitrogens with zero attached hydrogens (tertiary/aromatic N) is 8. The Bertz CT molecular complexity index is 1060. The second-order valence-electron chi connectivity index (χ2n) is 7.90. The first-order valence-electron chi connectivity index (χ1n) is 9.78. The van der Waals surface area contributed by atoms with Crippen LogP contribution in [0.1, 0.15) is 36.7 Å². The monoisotopic (exact) mass is 380 g/mol. The van der Waals surface area contributed by atoms with Crippen LogP contribution >= 0.6 is 0 Å². The largest absolute Gasteiger partial charge is 0.352 e. The summed E-state index contributed by atoms with van der Waals surface area (Å²) < 4.78 is 3.53. The molecular weight excluding hydrogens is 356 g/mol. The molecule has 28 heavy (non-hydrogen) atoms. The smallest absolute Gasteiger partial charge is 0.347 e. The van der Waals surface area contributed by atoms with Gasteiger partial charge < -0.3 is 4.90 Å². The van der Waals surface area contributed by atoms with Gasteiger partial charge in [0.05, 0.1) is 0 Å². The standard InChI is InChI=1S/C19H24N8O/c1-24(10-14-8-9-20-19(28)25(14)2)15-11-26(12-15)17-7-6-16-21-22-18(27(16)23-17)13-4-3-5-13/h6-9,13,15H,3-5,10-12H2,1-2H3. The highest BCUT2D eigenvalue weighted by Crippen LogP contribution is 2.35. The molecule has 3 aromatic heterocycles. The van der Waals surface area contributed by atoms with E-state index >= 15 is 0 Å². The summed E-state index contributed by atoms with van der Waals surface area (Å²) in [5, 5.41) is 13.4. The highest BCUT2D eigenvalue weighted by Gasteiger charge is 2.32. The summed E-state index contributed by atoms with van der Waals surface area (Å²) in [5.41, 5.74) is 1.57. The summed E-state index contributed by atoms with van der Waals surface area (Å²) in [6, 6.07) is 6.35. The quantitative estimate of drug-likeness (QED) is 0.647. The third-order valence-electron chi connectivity index (χ3n) is 6.13. The van der Waals surface area contributed by atoms with E-state index < -0.39 is 0 Å². The molecular formula is C19H24N8O. The van der Waals surface area contributed by atoms with E-state index in [2.05, 4.69) is 32.0 Å². The lowest BCUT2D eigenvalue weighted by molar-refractivity contribution is 0.192. The van der Waals surface area contributed by atoms with Gasteiger partial charge in [-0.15, -0.1) is 15.3 Å². The van der Waals surface area contributed by atoms with Gasteiger partial charge in [-0.25, -0.2) is 9.78 Å². The number of fused-ring (bicyclic) bond motifs is 1. The van der Waals surface area contributed by atoms with E-state index in [9.17, 15) is 4.79 Å². The van der Waals surface area contributed by atoms with E-state index in [1.54, 1.807) is 17.8 Å². The highest BCUT2D eigenvalue weighted by atomic mass is 16.1. The Morgan fingerprint density at radius 2 is 2.00 bits per heavy atom. The predicted molar refractivity (Wildman–Crippen MR) is 104 cm³/mol. The maximum absolute atomic E-state index is 11.7. The first kappa shape index (κ1) is 17.3. The van der Waals surface area contributed by atoms with Crippen LogP contribution in [0.3, 0.4) is 0 Å². The molecule has 4 heterocycles. The van der Waals surface area contributed by atoms with Crippen molar-refractivity contribution in [3.63, 3.8) is 0 Å². The molecule has 1 saturated heterocycles. The van der Waals surface area contributed by atoms with E-state index in [4.69, 9.17) is 5.10 Å². The average molecular weight is 380 g/mol. The van der Waals surface area contributed by atoms with Crippen LogP contribution in [0.4, 0.5) is 5.82 Å². The number of likely N-dealkylation sites (N-methyl/N-ethyl adjacent to an activating group) is 1. The molecule has 5 rings (SSSR count). The van der Waals surface area contributed by atoms with Crippen molar-refractivity contribution < 1.29 is 0 Å². The predicted octanol–water partition coefficient (Wildman–Crippen LogP) is 0.806. The minimum atomic E-state index is -0.213. The first-order valence-corrected chi connectivity index (χ1v) is 9.78. The molecule has 3 aromatic rings. The molecule has 0 amide bonds. The van der Waals surface area contributed by atoms with Crippen molar-refractivity contribution in [2.45, 2.75) is 37.8 Å². The fourth-order valence-corrected chi connectivity index (χ4v) is 3.86. The molecule has 0 unspecified atom stereocenters. The maximum Gasteiger partial charge on any atom is 0.347 e. The Morgan fingerprint density at radius 1 is 1.18 bits per heavy atom. The fourth-order valence-electron chi connectivity index (χ4n) is 3.86. The number of hydrogen-bond donors (Lipinski definition) is 0. The highest BCUT2D eigenvalue weighted by molar-refractivity contribution is 5.48. The van der Waals surface area contributed by atoms with E-state index in [1.807, 2.05) is 22.7 Å². The number of aromatic nitrogens is 6. The molecule has 0 spiro atoms. The molecule has 1 aliphatic heterocycles. The van der Waals surface area contributed by atoms with E-state index in [1.165, 1.54) is 19.3 Å². The topological polar surface area (TPSA) is 84.5 Å². The summed E-state index contributed by atoms with van der Waals surface area (Å²) in [6.07, 6.45) is 5.21. The summed E-state index contributed by atoms with van der Waals surface area (Å²) in [5.74, 6) is 2.46. The number of anilines is 1. The Morgan fingerprint density at radius 3 is 2.75 bits per heavy atom. The van der Waals surface area contributed by atoms with Crippen LogP contribution in [-0.2, 0) is 13.6 Å². The molecule has 2 aliphatic rings. The van der Waals surface area contributed by atoms with Gasteiger partial charge in [-0.2, -0.15) is 4.52 Å². The van der Waals surface area contributed by atoms with Crippen molar-refractivity contribution in [2.24, 2.45) is 7.05 Å². The Kier molecular flexibility index (Phi) is 4.12. The number of hydrogen-bond acceptors (Lipinski definition) is 7. The lowest BCUT2D eigenvalue weighted by Crippen LogP contribution is -2.58. The summed E-state index contributed by atoms with van der Waals surface area (Å²) in [6.45, 7) is 2.54. The van der Waals surface area contributed by atoms with Crippen LogP contribution in [0.25, 0.3) is 5.65 Å². The molecule has 0 aromatic carbocycles. The molecule has 9 nitrogen and oxygen atoms in total. The Labute approximate surface area is 162 Å². The van der Waals surface area contributed by atoms with Crippen molar-refractivity contribution >= 4 is 11.5 Å². The molecule has 0 atom stereocenters. The molecule has 2 fully saturated rings. The van der Waals surface area contributed by atoms with E-state index in [-0.39, 0.29) is 5.69 Å². The van der Waals surface area contributed by atoms with Gasteiger partial charge in [0.25, 0.3) is 0 Å². The normalized spacial score (nSPS) is 17.9. The van der Waals surface area contributed by atoms with Gasteiger partial charge in [-0.3, -0.25) is 9.47 Å². The first-order chi connectivity index (χ1) is 13.6. The molecule has 1 saturated carbocycles. The van der Waals surface area contributed by atoms with Crippen LogP contribution in [-0.4, -0.2) is 60.4 Å². The second kappa shape index (κ2) is 6.66. The third-order valence-corrected chi connectivity index (χ3v) is 6.13. The fraction of sp³-hybridized carbons (Fsp3) is 0.526. The van der Waals surface area contributed by atoms with E-state index in [0.717, 1.165) is 42.6 Å². The van der Waals surface area contributed by atoms with Crippen LogP contribution in [0.2, 0.25) is 0 Å². The zero-order valence-electron chi connectivity index (χ0n) is 16.2. The zero-order valence-corrected chi connectivity index (χ0v) is 16.2. The third kappa shape index (κ3) is 2.86. The van der Waals surface area contributed by atoms with Crippen LogP contribution in [0.15, 0.2) is 29.2 Å². The summed E-state index contributed by atoms with van der Waals surface area (Å²) >= 11 is 0. The van der Waals surface area contributed by atoms with Crippen LogP contribution < -0.4 is 10.6 Å². The van der Waals surface area contributed by atoms with Gasteiger partial charge in [0.15, 0.2) is 11.5 Å². The summed E-state index contributed by atoms with van der Waals surface area (Å²) in [4.78, 5) is 20.0. The van der Waals surface area contributed by atoms with Crippen molar-refractivity contribution in [3.8, 4) is 0 Å². The molecule has 1 aliphatic carbocycles. The Hall–Kier alpha value is -2.81. The van der Waals surface area contributed by atoms with Crippen LogP contribution in [0.5, 0.6) is 0 Å². The van der Waals surface area contributed by atoms with Crippen molar-refractivity contribution in [1.82, 2.24) is 34.3 Å². The number of rotatable bonds is 5. The van der Waals surface area contributed by atoms with Crippen LogP contribution in [0, 0.1) is 0 Å². The average Bonchev–Trinajstić information content (AvgIpc) is 2.99. The molecule has 9 heteroatoms. The SMILES string of the molecule is CN(Cc1ccnc(=O)n1C)C1CN(c2ccc3nnc(C4CCC4)n3n2)C1. The molecule has 146 valence electrons. The summed E-state index contributed by atoms with van der Waals surface area (Å²) in [7, 11) is 3.86. The second-order valence-corrected chi connectivity index (χ2v) is 7.90. The van der Waals surface area contributed by atoms with Gasteiger partial charge in [0.2, 0.25) is 0 Å². The zero-order chi connectivity index (χ0) is 19.3. The van der Waals surface area contributed by atoms with Crippen molar-refractivity contribution in [1.29, 1.82) is 0 Å². The molecule has 0 radical (unpaired) electrons. The van der Waals surface area contributed by atoms with Gasteiger partial charge in [0.1, 0.15) is 5.82 Å². The van der Waals surface area contributed by atoms with Gasteiger partial charge in [-0.05, 0) is 38.1 Å². The Balaban J connectivity index is 1.27. The van der Waals surface area contributed by atoms with Crippen molar-refractivity contribution in [2.75, 3.05) is 25.0 Å². The maximum atomic E-state index is 11.7. The molecule has 0 N–H and O–H groups in total. The van der Waals surface area contributed by atoms with E-state index in [0.29, 0.717) is 12.0 Å².